The van der Waals surface area contributed by atoms with Gasteiger partial charge in [0.25, 0.3) is 5.91 Å². The molecule has 2 atom stereocenters. The lowest BCUT2D eigenvalue weighted by Crippen LogP contribution is -2.35. The highest BCUT2D eigenvalue weighted by Gasteiger charge is 2.48. The Hall–Kier alpha value is -3.30. The number of carbonyl (C=O) groups is 1. The minimum Gasteiger partial charge on any atom is -0.361 e. The number of anilines is 2. The summed E-state index contributed by atoms with van der Waals surface area (Å²) in [6.07, 6.45) is -4.82. The summed E-state index contributed by atoms with van der Waals surface area (Å²) in [7, 11) is 0. The number of rotatable bonds is 5. The third kappa shape index (κ3) is 4.66. The lowest BCUT2D eigenvalue weighted by atomic mass is 10.0. The summed E-state index contributed by atoms with van der Waals surface area (Å²) in [4.78, 5) is 15.9. The Labute approximate surface area is 208 Å². The molecule has 0 spiro atoms. The van der Waals surface area contributed by atoms with Crippen molar-refractivity contribution < 1.29 is 18.0 Å². The number of thiophene rings is 1. The number of hydrogen-bond acceptors (Lipinski definition) is 4. The van der Waals surface area contributed by atoms with Crippen LogP contribution < -0.4 is 10.2 Å². The summed E-state index contributed by atoms with van der Waals surface area (Å²) in [6, 6.07) is 19.3. The first-order valence-corrected chi connectivity index (χ1v) is 12.1. The molecule has 0 aliphatic carbocycles. The Morgan fingerprint density at radius 3 is 2.40 bits per heavy atom. The second kappa shape index (κ2) is 9.39. The molecule has 2 aromatic heterocycles. The Balaban J connectivity index is 1.56. The zero-order valence-corrected chi connectivity index (χ0v) is 19.8. The van der Waals surface area contributed by atoms with Crippen molar-refractivity contribution in [2.75, 3.05) is 10.2 Å². The van der Waals surface area contributed by atoms with Crippen LogP contribution in [0.1, 0.15) is 39.4 Å². The van der Waals surface area contributed by atoms with Gasteiger partial charge >= 0.3 is 6.18 Å². The van der Waals surface area contributed by atoms with Gasteiger partial charge in [-0.1, -0.05) is 66.2 Å². The van der Waals surface area contributed by atoms with Crippen LogP contribution in [0.15, 0.2) is 78.2 Å². The molecule has 0 saturated heterocycles. The molecule has 35 heavy (non-hydrogen) atoms. The fourth-order valence-corrected chi connectivity index (χ4v) is 5.23. The van der Waals surface area contributed by atoms with E-state index in [1.807, 2.05) is 41.8 Å². The van der Waals surface area contributed by atoms with E-state index < -0.39 is 24.2 Å². The standard InChI is InChI=1S/C25H20ClF3N4OS/c26-21-22(24(34)32(17-10-5-2-6-11-17)15-16-8-3-1-4-9-16)31-33-20(25(27,28)29)14-18(30-23(21)33)19-12-7-13-35-19/h1-13,18,20,30H,14-15H2. The van der Waals surface area contributed by atoms with Crippen molar-refractivity contribution in [3.63, 3.8) is 0 Å². The SMILES string of the molecule is O=C(c1nn2c(c1Cl)NC(c1cccs1)CC2C(F)(F)F)N(Cc1ccccc1)c1ccccc1. The van der Waals surface area contributed by atoms with Gasteiger partial charge in [0.05, 0.1) is 12.6 Å². The quantitative estimate of drug-likeness (QED) is 0.307. The molecule has 1 aliphatic heterocycles. The van der Waals surface area contributed by atoms with Gasteiger partial charge in [-0.05, 0) is 29.1 Å². The van der Waals surface area contributed by atoms with Gasteiger partial charge in [0.1, 0.15) is 10.8 Å². The average Bonchev–Trinajstić information content (AvgIpc) is 3.51. The van der Waals surface area contributed by atoms with E-state index in [2.05, 4.69) is 10.4 Å². The summed E-state index contributed by atoms with van der Waals surface area (Å²) in [5.41, 5.74) is 1.21. The zero-order chi connectivity index (χ0) is 24.6. The van der Waals surface area contributed by atoms with Gasteiger partial charge in [-0.25, -0.2) is 4.68 Å². The first-order chi connectivity index (χ1) is 16.8. The van der Waals surface area contributed by atoms with E-state index in [0.29, 0.717) is 5.69 Å². The number of hydrogen-bond donors (Lipinski definition) is 1. The first kappa shape index (κ1) is 23.4. The summed E-state index contributed by atoms with van der Waals surface area (Å²) < 4.78 is 43.0. The minimum atomic E-state index is -4.56. The molecule has 3 heterocycles. The number of carbonyl (C=O) groups excluding carboxylic acids is 1. The number of benzene rings is 2. The minimum absolute atomic E-state index is 0.00489. The monoisotopic (exact) mass is 516 g/mol. The van der Waals surface area contributed by atoms with Crippen LogP contribution >= 0.6 is 22.9 Å². The van der Waals surface area contributed by atoms with Crippen LogP contribution in [0.5, 0.6) is 0 Å². The van der Waals surface area contributed by atoms with Gasteiger partial charge in [0, 0.05) is 17.0 Å². The van der Waals surface area contributed by atoms with E-state index in [-0.39, 0.29) is 29.5 Å². The second-order valence-corrected chi connectivity index (χ2v) is 9.53. The van der Waals surface area contributed by atoms with Crippen molar-refractivity contribution in [3.05, 3.63) is 99.3 Å². The van der Waals surface area contributed by atoms with Crippen LogP contribution in [0.2, 0.25) is 5.02 Å². The molecular weight excluding hydrogens is 497 g/mol. The van der Waals surface area contributed by atoms with Crippen molar-refractivity contribution in [2.45, 2.75) is 31.2 Å². The number of fused-ring (bicyclic) bond motifs is 1. The molecule has 10 heteroatoms. The molecule has 5 nitrogen and oxygen atoms in total. The van der Waals surface area contributed by atoms with E-state index in [9.17, 15) is 18.0 Å². The van der Waals surface area contributed by atoms with Crippen molar-refractivity contribution in [1.82, 2.24) is 9.78 Å². The molecule has 180 valence electrons. The fraction of sp³-hybridized carbons (Fsp3) is 0.200. The van der Waals surface area contributed by atoms with Crippen molar-refractivity contribution in [3.8, 4) is 0 Å². The smallest absolute Gasteiger partial charge is 0.361 e. The summed E-state index contributed by atoms with van der Waals surface area (Å²) >= 11 is 7.92. The summed E-state index contributed by atoms with van der Waals surface area (Å²) in [5, 5.41) is 8.88. The Morgan fingerprint density at radius 1 is 1.09 bits per heavy atom. The molecule has 4 aromatic rings. The number of aromatic nitrogens is 2. The fourth-order valence-electron chi connectivity index (χ4n) is 4.18. The highest BCUT2D eigenvalue weighted by Crippen LogP contribution is 2.47. The first-order valence-electron chi connectivity index (χ1n) is 10.9. The number of nitrogens with one attached hydrogen (secondary N) is 1. The number of alkyl halides is 3. The summed E-state index contributed by atoms with van der Waals surface area (Å²) in [5.74, 6) is -0.586. The Kier molecular flexibility index (Phi) is 6.29. The van der Waals surface area contributed by atoms with Crippen LogP contribution in [0, 0.1) is 0 Å². The van der Waals surface area contributed by atoms with Gasteiger partial charge in [-0.2, -0.15) is 18.3 Å². The maximum absolute atomic E-state index is 14.1. The lowest BCUT2D eigenvalue weighted by Gasteiger charge is -2.32. The van der Waals surface area contributed by atoms with E-state index in [1.165, 1.54) is 16.2 Å². The van der Waals surface area contributed by atoms with Crippen LogP contribution in [-0.4, -0.2) is 21.9 Å². The normalized spacial score (nSPS) is 17.5. The van der Waals surface area contributed by atoms with Crippen LogP contribution in [0.4, 0.5) is 24.7 Å². The predicted octanol–water partition coefficient (Wildman–Crippen LogP) is 7.11. The molecule has 1 amide bonds. The molecule has 1 aliphatic rings. The van der Waals surface area contributed by atoms with Gasteiger partial charge in [0.2, 0.25) is 0 Å². The molecule has 0 radical (unpaired) electrons. The lowest BCUT2D eigenvalue weighted by molar-refractivity contribution is -0.173. The van der Waals surface area contributed by atoms with E-state index in [0.717, 1.165) is 15.1 Å². The third-order valence-corrected chi connectivity index (χ3v) is 7.23. The van der Waals surface area contributed by atoms with E-state index in [4.69, 9.17) is 11.6 Å². The van der Waals surface area contributed by atoms with E-state index in [1.54, 1.807) is 36.4 Å². The topological polar surface area (TPSA) is 50.2 Å². The van der Waals surface area contributed by atoms with E-state index >= 15 is 0 Å². The van der Waals surface area contributed by atoms with Gasteiger partial charge < -0.3 is 10.2 Å². The molecule has 0 bridgehead atoms. The maximum Gasteiger partial charge on any atom is 0.410 e. The molecule has 2 unspecified atom stereocenters. The zero-order valence-electron chi connectivity index (χ0n) is 18.2. The Morgan fingerprint density at radius 2 is 1.77 bits per heavy atom. The highest BCUT2D eigenvalue weighted by molar-refractivity contribution is 7.10. The number of halogens is 4. The molecule has 0 fully saturated rings. The second-order valence-electron chi connectivity index (χ2n) is 8.17. The van der Waals surface area contributed by atoms with Gasteiger partial charge in [-0.3, -0.25) is 4.79 Å². The number of amides is 1. The van der Waals surface area contributed by atoms with Gasteiger partial charge in [0.15, 0.2) is 11.7 Å². The average molecular weight is 517 g/mol. The Bertz CT molecular complexity index is 1310. The molecule has 1 N–H and O–H groups in total. The van der Waals surface area contributed by atoms with Crippen molar-refractivity contribution in [2.24, 2.45) is 0 Å². The van der Waals surface area contributed by atoms with Crippen LogP contribution in [-0.2, 0) is 6.54 Å². The van der Waals surface area contributed by atoms with Crippen LogP contribution in [0.25, 0.3) is 0 Å². The van der Waals surface area contributed by atoms with Crippen molar-refractivity contribution >= 4 is 40.4 Å². The van der Waals surface area contributed by atoms with Crippen molar-refractivity contribution in [1.29, 1.82) is 0 Å². The molecule has 0 saturated carbocycles. The summed E-state index contributed by atoms with van der Waals surface area (Å²) in [6.45, 7) is 0.205. The molecule has 5 rings (SSSR count). The number of para-hydroxylation sites is 1. The highest BCUT2D eigenvalue weighted by atomic mass is 35.5. The molecular formula is C25H20ClF3N4OS. The largest absolute Gasteiger partial charge is 0.410 e. The van der Waals surface area contributed by atoms with Gasteiger partial charge in [-0.15, -0.1) is 11.3 Å². The third-order valence-electron chi connectivity index (χ3n) is 5.88. The molecule has 2 aromatic carbocycles. The predicted molar refractivity (Wildman–Crippen MR) is 131 cm³/mol. The maximum atomic E-state index is 14.1. The number of nitrogens with zero attached hydrogens (tertiary/aromatic N) is 3. The van der Waals surface area contributed by atoms with Crippen LogP contribution in [0.3, 0.4) is 0 Å².